The average molecular weight is 342 g/mol. The fraction of sp³-hybridized carbons (Fsp3) is 0.533. The molecule has 1 heterocycles. The van der Waals surface area contributed by atoms with E-state index in [4.69, 9.17) is 9.47 Å². The Morgan fingerprint density at radius 3 is 2.80 bits per heavy atom. The lowest BCUT2D eigenvalue weighted by Crippen LogP contribution is -2.39. The Bertz CT molecular complexity index is 484. The molecule has 0 radical (unpaired) electrons. The van der Waals surface area contributed by atoms with E-state index in [0.717, 1.165) is 30.5 Å². The molecule has 1 aliphatic heterocycles. The van der Waals surface area contributed by atoms with Gasteiger partial charge in [-0.15, -0.1) is 0 Å². The van der Waals surface area contributed by atoms with Gasteiger partial charge in [0, 0.05) is 24.2 Å². The normalized spacial score (nSPS) is 17.6. The van der Waals surface area contributed by atoms with Crippen molar-refractivity contribution in [2.45, 2.75) is 19.8 Å². The van der Waals surface area contributed by atoms with Crippen molar-refractivity contribution >= 4 is 21.8 Å². The lowest BCUT2D eigenvalue weighted by Gasteiger charge is -2.33. The van der Waals surface area contributed by atoms with Crippen LogP contribution >= 0.6 is 15.9 Å². The van der Waals surface area contributed by atoms with Crippen LogP contribution in [0.2, 0.25) is 0 Å². The molecule has 0 aliphatic carbocycles. The van der Waals surface area contributed by atoms with Gasteiger partial charge in [0.1, 0.15) is 5.75 Å². The first kappa shape index (κ1) is 15.3. The van der Waals surface area contributed by atoms with E-state index in [9.17, 15) is 4.79 Å². The molecule has 1 N–H and O–H groups in total. The first-order chi connectivity index (χ1) is 9.54. The number of nitrogens with one attached hydrogen (secondary N) is 1. The van der Waals surface area contributed by atoms with E-state index in [1.807, 2.05) is 6.07 Å². The predicted molar refractivity (Wildman–Crippen MR) is 81.2 cm³/mol. The summed E-state index contributed by atoms with van der Waals surface area (Å²) in [5, 5.41) is 3.01. The third-order valence-corrected chi connectivity index (χ3v) is 4.28. The van der Waals surface area contributed by atoms with E-state index in [1.165, 1.54) is 0 Å². The second-order valence-corrected chi connectivity index (χ2v) is 6.37. The van der Waals surface area contributed by atoms with E-state index in [1.54, 1.807) is 19.2 Å². The molecule has 5 heteroatoms. The minimum Gasteiger partial charge on any atom is -0.496 e. The molecule has 2 rings (SSSR count). The summed E-state index contributed by atoms with van der Waals surface area (Å²) in [5.41, 5.74) is 0.683. The molecule has 0 saturated carbocycles. The Morgan fingerprint density at radius 2 is 2.15 bits per heavy atom. The molecule has 1 aromatic rings. The standard InChI is InChI=1S/C15H20BrNO3/c1-15(5-7-20-8-6-15)10-17-14(18)12-4-3-11(16)9-13(12)19-2/h3-4,9H,5-8,10H2,1-2H3,(H,17,18). The van der Waals surface area contributed by atoms with Crippen molar-refractivity contribution in [2.75, 3.05) is 26.9 Å². The highest BCUT2D eigenvalue weighted by Gasteiger charge is 2.28. The lowest BCUT2D eigenvalue weighted by molar-refractivity contribution is 0.0238. The topological polar surface area (TPSA) is 47.6 Å². The van der Waals surface area contributed by atoms with Crippen molar-refractivity contribution in [3.05, 3.63) is 28.2 Å². The highest BCUT2D eigenvalue weighted by Crippen LogP contribution is 2.29. The Morgan fingerprint density at radius 1 is 1.45 bits per heavy atom. The zero-order chi connectivity index (χ0) is 14.6. The summed E-state index contributed by atoms with van der Waals surface area (Å²) in [6.45, 7) is 4.39. The highest BCUT2D eigenvalue weighted by atomic mass is 79.9. The van der Waals surface area contributed by atoms with Crippen molar-refractivity contribution in [3.63, 3.8) is 0 Å². The number of hydrogen-bond donors (Lipinski definition) is 1. The van der Waals surface area contributed by atoms with Gasteiger partial charge in [-0.05, 0) is 36.5 Å². The number of carbonyl (C=O) groups is 1. The zero-order valence-corrected chi connectivity index (χ0v) is 13.5. The molecule has 1 amide bonds. The maximum absolute atomic E-state index is 12.3. The molecule has 110 valence electrons. The van der Waals surface area contributed by atoms with Crippen LogP contribution in [0.15, 0.2) is 22.7 Å². The van der Waals surface area contributed by atoms with Gasteiger partial charge in [0.05, 0.1) is 12.7 Å². The lowest BCUT2D eigenvalue weighted by atomic mass is 9.82. The fourth-order valence-electron chi connectivity index (χ4n) is 2.28. The van der Waals surface area contributed by atoms with Gasteiger partial charge >= 0.3 is 0 Å². The smallest absolute Gasteiger partial charge is 0.255 e. The monoisotopic (exact) mass is 341 g/mol. The molecule has 0 spiro atoms. The summed E-state index contributed by atoms with van der Waals surface area (Å²) >= 11 is 3.37. The SMILES string of the molecule is COc1cc(Br)ccc1C(=O)NCC1(C)CCOCC1. The molecule has 1 aromatic carbocycles. The number of methoxy groups -OCH3 is 1. The molecule has 1 aliphatic rings. The van der Waals surface area contributed by atoms with Crippen LogP contribution in [0, 0.1) is 5.41 Å². The molecular weight excluding hydrogens is 322 g/mol. The van der Waals surface area contributed by atoms with Gasteiger partial charge in [-0.2, -0.15) is 0 Å². The second-order valence-electron chi connectivity index (χ2n) is 5.45. The summed E-state index contributed by atoms with van der Waals surface area (Å²) in [6, 6.07) is 5.41. The van der Waals surface area contributed by atoms with E-state index >= 15 is 0 Å². The number of carbonyl (C=O) groups excluding carboxylic acids is 1. The van der Waals surface area contributed by atoms with Gasteiger partial charge in [-0.1, -0.05) is 22.9 Å². The van der Waals surface area contributed by atoms with Gasteiger partial charge < -0.3 is 14.8 Å². The van der Waals surface area contributed by atoms with Crippen LogP contribution in [-0.2, 0) is 4.74 Å². The number of amides is 1. The van der Waals surface area contributed by atoms with E-state index in [-0.39, 0.29) is 11.3 Å². The molecule has 0 aromatic heterocycles. The van der Waals surface area contributed by atoms with Gasteiger partial charge in [-0.3, -0.25) is 4.79 Å². The number of ether oxygens (including phenoxy) is 2. The van der Waals surface area contributed by atoms with Crippen LogP contribution in [0.4, 0.5) is 0 Å². The van der Waals surface area contributed by atoms with Crippen LogP contribution in [-0.4, -0.2) is 32.8 Å². The third-order valence-electron chi connectivity index (χ3n) is 3.78. The van der Waals surface area contributed by atoms with Crippen molar-refractivity contribution in [3.8, 4) is 5.75 Å². The number of benzene rings is 1. The maximum atomic E-state index is 12.3. The molecule has 1 saturated heterocycles. The third kappa shape index (κ3) is 3.73. The maximum Gasteiger partial charge on any atom is 0.255 e. The predicted octanol–water partition coefficient (Wildman–Crippen LogP) is 3.00. The minimum atomic E-state index is -0.0953. The number of hydrogen-bond acceptors (Lipinski definition) is 3. The first-order valence-electron chi connectivity index (χ1n) is 6.74. The van der Waals surface area contributed by atoms with Crippen molar-refractivity contribution in [2.24, 2.45) is 5.41 Å². The Kier molecular flexibility index (Phi) is 5.05. The largest absolute Gasteiger partial charge is 0.496 e. The summed E-state index contributed by atoms with van der Waals surface area (Å²) in [5.74, 6) is 0.482. The van der Waals surface area contributed by atoms with Crippen molar-refractivity contribution < 1.29 is 14.3 Å². The molecule has 4 nitrogen and oxygen atoms in total. The molecule has 0 unspecified atom stereocenters. The number of halogens is 1. The van der Waals surface area contributed by atoms with Gasteiger partial charge in [-0.25, -0.2) is 0 Å². The minimum absolute atomic E-state index is 0.0953. The van der Waals surface area contributed by atoms with Crippen LogP contribution in [0.25, 0.3) is 0 Å². The van der Waals surface area contributed by atoms with E-state index < -0.39 is 0 Å². The van der Waals surface area contributed by atoms with Crippen molar-refractivity contribution in [1.82, 2.24) is 5.32 Å². The Labute approximate surface area is 128 Å². The van der Waals surface area contributed by atoms with Gasteiger partial charge in [0.2, 0.25) is 0 Å². The van der Waals surface area contributed by atoms with E-state index in [2.05, 4.69) is 28.2 Å². The van der Waals surface area contributed by atoms with Gasteiger partial charge in [0.25, 0.3) is 5.91 Å². The van der Waals surface area contributed by atoms with Crippen LogP contribution < -0.4 is 10.1 Å². The molecule has 0 bridgehead atoms. The highest BCUT2D eigenvalue weighted by molar-refractivity contribution is 9.10. The molecule has 1 fully saturated rings. The van der Waals surface area contributed by atoms with Crippen LogP contribution in [0.5, 0.6) is 5.75 Å². The fourth-order valence-corrected chi connectivity index (χ4v) is 2.62. The number of rotatable bonds is 4. The second kappa shape index (κ2) is 6.59. The first-order valence-corrected chi connectivity index (χ1v) is 7.53. The molecule has 20 heavy (non-hydrogen) atoms. The van der Waals surface area contributed by atoms with Gasteiger partial charge in [0.15, 0.2) is 0 Å². The van der Waals surface area contributed by atoms with E-state index in [0.29, 0.717) is 17.9 Å². The van der Waals surface area contributed by atoms with Crippen LogP contribution in [0.1, 0.15) is 30.1 Å². The summed E-state index contributed by atoms with van der Waals surface area (Å²) in [4.78, 5) is 12.3. The zero-order valence-electron chi connectivity index (χ0n) is 11.9. The molecular formula is C15H20BrNO3. The Hall–Kier alpha value is -1.07. The average Bonchev–Trinajstić information content (AvgIpc) is 2.45. The quantitative estimate of drug-likeness (QED) is 0.915. The summed E-state index contributed by atoms with van der Waals surface area (Å²) in [7, 11) is 1.57. The summed E-state index contributed by atoms with van der Waals surface area (Å²) < 4.78 is 11.5. The van der Waals surface area contributed by atoms with Crippen LogP contribution in [0.3, 0.4) is 0 Å². The Balaban J connectivity index is 2.01. The summed E-state index contributed by atoms with van der Waals surface area (Å²) in [6.07, 6.45) is 1.95. The molecule has 0 atom stereocenters. The van der Waals surface area contributed by atoms with Crippen molar-refractivity contribution in [1.29, 1.82) is 0 Å².